The van der Waals surface area contributed by atoms with E-state index in [4.69, 9.17) is 4.74 Å². The molecular weight excluding hydrogens is 416 g/mol. The van der Waals surface area contributed by atoms with E-state index in [9.17, 15) is 18.0 Å². The van der Waals surface area contributed by atoms with E-state index in [1.165, 1.54) is 28.4 Å². The number of ether oxygens (including phenoxy) is 1. The van der Waals surface area contributed by atoms with Gasteiger partial charge in [0.1, 0.15) is 5.75 Å². The molecule has 0 N–H and O–H groups in total. The molecule has 1 saturated heterocycles. The number of piperazine rings is 1. The molecule has 166 valence electrons. The molecule has 1 amide bonds. The Morgan fingerprint density at radius 2 is 1.42 bits per heavy atom. The third-order valence-corrected chi connectivity index (χ3v) is 7.34. The number of hydrogen-bond acceptors (Lipinski definition) is 5. The van der Waals surface area contributed by atoms with Gasteiger partial charge in [-0.15, -0.1) is 0 Å². The molecule has 1 aliphatic rings. The number of hydrogen-bond donors (Lipinski definition) is 0. The maximum Gasteiger partial charge on any atom is 0.295 e. The summed E-state index contributed by atoms with van der Waals surface area (Å²) < 4.78 is 32.1. The van der Waals surface area contributed by atoms with Gasteiger partial charge in [0.15, 0.2) is 0 Å². The summed E-state index contributed by atoms with van der Waals surface area (Å²) in [5.74, 6) is -0.611. The number of amides is 1. The van der Waals surface area contributed by atoms with Crippen LogP contribution in [-0.4, -0.2) is 62.6 Å². The largest absolute Gasteiger partial charge is 0.497 e. The zero-order chi connectivity index (χ0) is 22.8. The highest BCUT2D eigenvalue weighted by Crippen LogP contribution is 2.23. The lowest BCUT2D eigenvalue weighted by molar-refractivity contribution is -0.127. The van der Waals surface area contributed by atoms with Gasteiger partial charge in [0.05, 0.1) is 12.0 Å². The molecule has 0 aromatic heterocycles. The first-order chi connectivity index (χ1) is 14.5. The molecule has 7 nitrogen and oxygen atoms in total. The zero-order valence-electron chi connectivity index (χ0n) is 18.3. The van der Waals surface area contributed by atoms with Crippen molar-refractivity contribution in [3.05, 3.63) is 59.7 Å². The Kier molecular flexibility index (Phi) is 6.52. The molecule has 1 heterocycles. The van der Waals surface area contributed by atoms with Gasteiger partial charge in [-0.05, 0) is 35.2 Å². The third-order valence-electron chi connectivity index (χ3n) is 5.43. The summed E-state index contributed by atoms with van der Waals surface area (Å²) in [6.45, 7) is 6.84. The summed E-state index contributed by atoms with van der Waals surface area (Å²) >= 11 is 0. The fourth-order valence-electron chi connectivity index (χ4n) is 3.42. The van der Waals surface area contributed by atoms with Crippen LogP contribution >= 0.6 is 0 Å². The van der Waals surface area contributed by atoms with Gasteiger partial charge in [-0.3, -0.25) is 9.59 Å². The molecule has 0 spiro atoms. The number of nitrogens with zero attached hydrogens (tertiary/aromatic N) is 2. The molecule has 0 bridgehead atoms. The van der Waals surface area contributed by atoms with Crippen molar-refractivity contribution in [2.75, 3.05) is 33.3 Å². The van der Waals surface area contributed by atoms with Crippen LogP contribution in [-0.2, 0) is 20.2 Å². The number of benzene rings is 2. The van der Waals surface area contributed by atoms with Crippen LogP contribution in [0.15, 0.2) is 53.4 Å². The summed E-state index contributed by atoms with van der Waals surface area (Å²) in [6.07, 6.45) is 0. The molecule has 0 radical (unpaired) electrons. The van der Waals surface area contributed by atoms with Crippen molar-refractivity contribution in [2.24, 2.45) is 0 Å². The smallest absolute Gasteiger partial charge is 0.295 e. The monoisotopic (exact) mass is 444 g/mol. The molecule has 1 aliphatic heterocycles. The van der Waals surface area contributed by atoms with E-state index in [1.807, 2.05) is 12.1 Å². The first kappa shape index (κ1) is 23.0. The maximum atomic E-state index is 12.8. The van der Waals surface area contributed by atoms with E-state index in [-0.39, 0.29) is 36.5 Å². The molecule has 2 aromatic rings. The van der Waals surface area contributed by atoms with Crippen LogP contribution < -0.4 is 4.74 Å². The molecule has 31 heavy (non-hydrogen) atoms. The normalized spacial score (nSPS) is 15.5. The Morgan fingerprint density at radius 3 is 1.90 bits per heavy atom. The summed E-state index contributed by atoms with van der Waals surface area (Å²) in [4.78, 5) is 26.9. The first-order valence-corrected chi connectivity index (χ1v) is 11.6. The quantitative estimate of drug-likeness (QED) is 0.523. The number of carbonyl (C=O) groups excluding carboxylic acids is 2. The Morgan fingerprint density at radius 1 is 0.871 bits per heavy atom. The zero-order valence-corrected chi connectivity index (χ0v) is 19.1. The van der Waals surface area contributed by atoms with Gasteiger partial charge >= 0.3 is 0 Å². The van der Waals surface area contributed by atoms with Crippen molar-refractivity contribution < 1.29 is 22.7 Å². The van der Waals surface area contributed by atoms with Gasteiger partial charge in [-0.25, -0.2) is 8.42 Å². The van der Waals surface area contributed by atoms with Crippen molar-refractivity contribution in [1.82, 2.24) is 9.21 Å². The molecule has 0 saturated carbocycles. The minimum absolute atomic E-state index is 0.0444. The van der Waals surface area contributed by atoms with Crippen molar-refractivity contribution >= 4 is 21.7 Å². The van der Waals surface area contributed by atoms with Gasteiger partial charge in [0, 0.05) is 31.7 Å². The lowest BCUT2D eigenvalue weighted by atomic mass is 9.86. The number of sulfonamides is 1. The lowest BCUT2D eigenvalue weighted by Gasteiger charge is -2.33. The van der Waals surface area contributed by atoms with Gasteiger partial charge in [-0.1, -0.05) is 45.0 Å². The van der Waals surface area contributed by atoms with Crippen molar-refractivity contribution in [2.45, 2.75) is 31.1 Å². The molecule has 8 heteroatoms. The van der Waals surface area contributed by atoms with Crippen LogP contribution in [0.25, 0.3) is 0 Å². The molecule has 3 rings (SSSR count). The predicted molar refractivity (Wildman–Crippen MR) is 118 cm³/mol. The number of Topliss-reactive ketones (excluding diaryl/α,β-unsaturated/α-hetero) is 1. The van der Waals surface area contributed by atoms with Gasteiger partial charge in [0.25, 0.3) is 5.91 Å². The molecule has 0 atom stereocenters. The van der Waals surface area contributed by atoms with E-state index >= 15 is 0 Å². The van der Waals surface area contributed by atoms with Crippen LogP contribution in [0.3, 0.4) is 0 Å². The van der Waals surface area contributed by atoms with Gasteiger partial charge in [-0.2, -0.15) is 4.31 Å². The highest BCUT2D eigenvalue weighted by molar-refractivity contribution is 7.89. The Hall–Kier alpha value is -2.71. The lowest BCUT2D eigenvalue weighted by Crippen LogP contribution is -2.52. The third kappa shape index (κ3) is 4.97. The second-order valence-corrected chi connectivity index (χ2v) is 10.5. The number of methoxy groups -OCH3 is 1. The van der Waals surface area contributed by atoms with E-state index in [0.29, 0.717) is 11.3 Å². The van der Waals surface area contributed by atoms with Crippen molar-refractivity contribution in [3.8, 4) is 5.75 Å². The number of rotatable bonds is 5. The summed E-state index contributed by atoms with van der Waals surface area (Å²) in [5, 5.41) is 0. The summed E-state index contributed by atoms with van der Waals surface area (Å²) in [7, 11) is -2.16. The highest BCUT2D eigenvalue weighted by Gasteiger charge is 2.32. The molecular formula is C23H28N2O5S. The Balaban J connectivity index is 1.64. The van der Waals surface area contributed by atoms with Crippen LogP contribution in [0.2, 0.25) is 0 Å². The van der Waals surface area contributed by atoms with Crippen LogP contribution in [0, 0.1) is 0 Å². The standard InChI is InChI=1S/C23H28N2O5S/c1-23(2,3)18-7-5-17(6-8-18)21(26)22(27)24-13-15-25(16-14-24)31(28,29)20-11-9-19(30-4)10-12-20/h5-12H,13-16H2,1-4H3. The average Bonchev–Trinajstić information content (AvgIpc) is 2.77. The average molecular weight is 445 g/mol. The highest BCUT2D eigenvalue weighted by atomic mass is 32.2. The Bertz CT molecular complexity index is 1050. The van der Waals surface area contributed by atoms with E-state index < -0.39 is 21.7 Å². The van der Waals surface area contributed by atoms with E-state index in [1.54, 1.807) is 24.3 Å². The minimum Gasteiger partial charge on any atom is -0.497 e. The van der Waals surface area contributed by atoms with Crippen molar-refractivity contribution in [1.29, 1.82) is 0 Å². The van der Waals surface area contributed by atoms with Crippen LogP contribution in [0.4, 0.5) is 0 Å². The second-order valence-electron chi connectivity index (χ2n) is 8.53. The SMILES string of the molecule is COc1ccc(S(=O)(=O)N2CCN(C(=O)C(=O)c3ccc(C(C)(C)C)cc3)CC2)cc1. The molecule has 0 unspecified atom stereocenters. The van der Waals surface area contributed by atoms with Crippen LogP contribution in [0.5, 0.6) is 5.75 Å². The first-order valence-electron chi connectivity index (χ1n) is 10.1. The maximum absolute atomic E-state index is 12.8. The minimum atomic E-state index is -3.67. The van der Waals surface area contributed by atoms with Gasteiger partial charge in [0.2, 0.25) is 15.8 Å². The fraction of sp³-hybridized carbons (Fsp3) is 0.391. The number of ketones is 1. The molecule has 0 aliphatic carbocycles. The Labute approximate surface area is 183 Å². The topological polar surface area (TPSA) is 84.0 Å². The number of carbonyl (C=O) groups is 2. The molecule has 1 fully saturated rings. The second kappa shape index (κ2) is 8.80. The molecule has 2 aromatic carbocycles. The van der Waals surface area contributed by atoms with Gasteiger partial charge < -0.3 is 9.64 Å². The fourth-order valence-corrected chi connectivity index (χ4v) is 4.84. The summed E-state index contributed by atoms with van der Waals surface area (Å²) in [5.41, 5.74) is 1.37. The van der Waals surface area contributed by atoms with Crippen molar-refractivity contribution in [3.63, 3.8) is 0 Å². The van der Waals surface area contributed by atoms with Crippen LogP contribution in [0.1, 0.15) is 36.7 Å². The summed E-state index contributed by atoms with van der Waals surface area (Å²) in [6, 6.07) is 13.2. The van der Waals surface area contributed by atoms with E-state index in [2.05, 4.69) is 20.8 Å². The predicted octanol–water partition coefficient (Wildman–Crippen LogP) is 2.71. The van der Waals surface area contributed by atoms with E-state index in [0.717, 1.165) is 5.56 Å².